The zero-order valence-electron chi connectivity index (χ0n) is 9.83. The molecule has 0 amide bonds. The van der Waals surface area contributed by atoms with Gasteiger partial charge in [0.1, 0.15) is 11.8 Å². The number of aliphatic carboxylic acids is 1. The molecule has 1 atom stereocenters. The summed E-state index contributed by atoms with van der Waals surface area (Å²) in [5.74, 6) is -1.34. The number of sulfonamides is 1. The Labute approximate surface area is 105 Å². The van der Waals surface area contributed by atoms with Crippen LogP contribution in [0.3, 0.4) is 0 Å². The van der Waals surface area contributed by atoms with Gasteiger partial charge in [0.25, 0.3) is 0 Å². The van der Waals surface area contributed by atoms with E-state index in [1.807, 2.05) is 0 Å². The molecule has 0 aliphatic heterocycles. The highest BCUT2D eigenvalue weighted by molar-refractivity contribution is 7.89. The number of carbonyl (C=O) groups is 1. The summed E-state index contributed by atoms with van der Waals surface area (Å²) in [5, 5.41) is 18.1. The van der Waals surface area contributed by atoms with Crippen LogP contribution in [0.5, 0.6) is 5.75 Å². The first-order valence-electron chi connectivity index (χ1n) is 5.35. The van der Waals surface area contributed by atoms with Crippen LogP contribution < -0.4 is 4.72 Å². The smallest absolute Gasteiger partial charge is 0.322 e. The van der Waals surface area contributed by atoms with Crippen molar-refractivity contribution in [3.63, 3.8) is 0 Å². The number of hydrogen-bond acceptors (Lipinski definition) is 4. The molecule has 0 saturated heterocycles. The number of nitrogens with one attached hydrogen (secondary N) is 1. The van der Waals surface area contributed by atoms with Gasteiger partial charge < -0.3 is 10.2 Å². The number of rotatable bonds is 6. The number of carboxylic acids is 1. The number of benzene rings is 1. The summed E-state index contributed by atoms with van der Waals surface area (Å²) in [6.07, 6.45) is 0.0227. The highest BCUT2D eigenvalue weighted by atomic mass is 32.2. The van der Waals surface area contributed by atoms with Crippen LogP contribution in [0.4, 0.5) is 0 Å². The molecule has 1 aromatic carbocycles. The van der Waals surface area contributed by atoms with E-state index < -0.39 is 22.0 Å². The van der Waals surface area contributed by atoms with E-state index >= 15 is 0 Å². The second-order valence-electron chi connectivity index (χ2n) is 3.78. The lowest BCUT2D eigenvalue weighted by atomic mass is 10.1. The Bertz CT molecular complexity index is 509. The van der Waals surface area contributed by atoms with Crippen LogP contribution in [0.1, 0.15) is 12.5 Å². The van der Waals surface area contributed by atoms with Gasteiger partial charge in [0.15, 0.2) is 0 Å². The number of carboxylic acid groups (broad SMARTS) is 1. The zero-order valence-corrected chi connectivity index (χ0v) is 10.6. The normalized spacial score (nSPS) is 13.2. The maximum Gasteiger partial charge on any atom is 0.322 e. The predicted octanol–water partition coefficient (Wildman–Crippen LogP) is 0.327. The third-order valence-corrected chi connectivity index (χ3v) is 3.78. The van der Waals surface area contributed by atoms with Crippen molar-refractivity contribution >= 4 is 16.0 Å². The fourth-order valence-corrected chi connectivity index (χ4v) is 2.13. The second kappa shape index (κ2) is 5.83. The van der Waals surface area contributed by atoms with E-state index in [2.05, 4.69) is 4.72 Å². The SMILES string of the molecule is CCS(=O)(=O)N[C@@H](Cc1ccc(O)cc1)C(=O)O. The molecule has 0 saturated carbocycles. The molecule has 0 spiro atoms. The van der Waals surface area contributed by atoms with E-state index in [0.29, 0.717) is 5.56 Å². The maximum atomic E-state index is 11.3. The van der Waals surface area contributed by atoms with Crippen molar-refractivity contribution in [3.8, 4) is 5.75 Å². The van der Waals surface area contributed by atoms with Gasteiger partial charge in [-0.2, -0.15) is 0 Å². The van der Waals surface area contributed by atoms with Crippen LogP contribution in [-0.2, 0) is 21.2 Å². The van der Waals surface area contributed by atoms with E-state index in [1.165, 1.54) is 19.1 Å². The van der Waals surface area contributed by atoms with E-state index in [0.717, 1.165) is 0 Å². The molecular weight excluding hydrogens is 258 g/mol. The summed E-state index contributed by atoms with van der Waals surface area (Å²) in [6, 6.07) is 4.72. The van der Waals surface area contributed by atoms with Crippen molar-refractivity contribution < 1.29 is 23.4 Å². The van der Waals surface area contributed by atoms with E-state index in [1.54, 1.807) is 12.1 Å². The molecule has 18 heavy (non-hydrogen) atoms. The van der Waals surface area contributed by atoms with Crippen LogP contribution in [-0.4, -0.2) is 36.4 Å². The van der Waals surface area contributed by atoms with Gasteiger partial charge in [-0.25, -0.2) is 13.1 Å². The Balaban J connectivity index is 2.81. The van der Waals surface area contributed by atoms with Gasteiger partial charge in [-0.3, -0.25) is 4.79 Å². The minimum Gasteiger partial charge on any atom is -0.508 e. The van der Waals surface area contributed by atoms with Crippen molar-refractivity contribution in [1.82, 2.24) is 4.72 Å². The monoisotopic (exact) mass is 273 g/mol. The summed E-state index contributed by atoms with van der Waals surface area (Å²) in [4.78, 5) is 11.0. The van der Waals surface area contributed by atoms with Crippen LogP contribution in [0.2, 0.25) is 0 Å². The fourth-order valence-electron chi connectivity index (χ4n) is 1.35. The van der Waals surface area contributed by atoms with Crippen LogP contribution >= 0.6 is 0 Å². The molecule has 6 nitrogen and oxygen atoms in total. The highest BCUT2D eigenvalue weighted by Gasteiger charge is 2.23. The third-order valence-electron chi connectivity index (χ3n) is 2.38. The molecule has 0 fully saturated rings. The summed E-state index contributed by atoms with van der Waals surface area (Å²) in [5.41, 5.74) is 0.624. The molecule has 0 heterocycles. The Morgan fingerprint density at radius 2 is 1.89 bits per heavy atom. The molecule has 0 unspecified atom stereocenters. The first kappa shape index (κ1) is 14.5. The first-order chi connectivity index (χ1) is 8.34. The molecule has 0 bridgehead atoms. The van der Waals surface area contributed by atoms with E-state index in [9.17, 15) is 13.2 Å². The molecule has 1 aromatic rings. The lowest BCUT2D eigenvalue weighted by Crippen LogP contribution is -2.42. The van der Waals surface area contributed by atoms with Crippen molar-refractivity contribution in [1.29, 1.82) is 0 Å². The van der Waals surface area contributed by atoms with Crippen molar-refractivity contribution in [2.75, 3.05) is 5.75 Å². The van der Waals surface area contributed by atoms with Crippen molar-refractivity contribution in [2.24, 2.45) is 0 Å². The van der Waals surface area contributed by atoms with Crippen LogP contribution in [0.15, 0.2) is 24.3 Å². The lowest BCUT2D eigenvalue weighted by Gasteiger charge is -2.14. The standard InChI is InChI=1S/C11H15NO5S/c1-2-18(16,17)12-10(11(14)15)7-8-3-5-9(13)6-4-8/h3-6,10,12-13H,2,7H2,1H3,(H,14,15)/t10-/m0/s1. The Hall–Kier alpha value is -1.60. The molecule has 0 aliphatic carbocycles. The molecule has 1 rings (SSSR count). The van der Waals surface area contributed by atoms with E-state index in [4.69, 9.17) is 10.2 Å². The minimum absolute atomic E-state index is 0.0227. The number of phenolic OH excluding ortho intramolecular Hbond substituents is 1. The lowest BCUT2D eigenvalue weighted by molar-refractivity contribution is -0.138. The number of phenols is 1. The third kappa shape index (κ3) is 4.34. The molecule has 100 valence electrons. The fraction of sp³-hybridized carbons (Fsp3) is 0.364. The highest BCUT2D eigenvalue weighted by Crippen LogP contribution is 2.11. The zero-order chi connectivity index (χ0) is 13.8. The summed E-state index contributed by atoms with van der Waals surface area (Å²) >= 11 is 0. The quantitative estimate of drug-likeness (QED) is 0.693. The maximum absolute atomic E-state index is 11.3. The summed E-state index contributed by atoms with van der Waals surface area (Å²) in [6.45, 7) is 1.43. The minimum atomic E-state index is -3.57. The average Bonchev–Trinajstić information content (AvgIpc) is 2.31. The van der Waals surface area contributed by atoms with Gasteiger partial charge in [0, 0.05) is 0 Å². The van der Waals surface area contributed by atoms with Crippen LogP contribution in [0.25, 0.3) is 0 Å². The van der Waals surface area contributed by atoms with Gasteiger partial charge in [0.2, 0.25) is 10.0 Å². The van der Waals surface area contributed by atoms with Gasteiger partial charge in [-0.05, 0) is 31.0 Å². The molecule has 0 radical (unpaired) electrons. The van der Waals surface area contributed by atoms with Gasteiger partial charge in [-0.15, -0.1) is 0 Å². The molecule has 0 aromatic heterocycles. The number of hydrogen-bond donors (Lipinski definition) is 3. The van der Waals surface area contributed by atoms with E-state index in [-0.39, 0.29) is 17.9 Å². The first-order valence-corrected chi connectivity index (χ1v) is 7.00. The average molecular weight is 273 g/mol. The summed E-state index contributed by atoms with van der Waals surface area (Å²) in [7, 11) is -3.57. The molecule has 0 aliphatic rings. The van der Waals surface area contributed by atoms with Crippen molar-refractivity contribution in [2.45, 2.75) is 19.4 Å². The van der Waals surface area contributed by atoms with Gasteiger partial charge in [-0.1, -0.05) is 12.1 Å². The second-order valence-corrected chi connectivity index (χ2v) is 5.83. The summed E-state index contributed by atoms with van der Waals surface area (Å²) < 4.78 is 24.8. The molecule has 7 heteroatoms. The van der Waals surface area contributed by atoms with Gasteiger partial charge in [0.05, 0.1) is 5.75 Å². The topological polar surface area (TPSA) is 104 Å². The Kier molecular flexibility index (Phi) is 4.69. The Morgan fingerprint density at radius 1 is 1.33 bits per heavy atom. The van der Waals surface area contributed by atoms with Gasteiger partial charge >= 0.3 is 5.97 Å². The van der Waals surface area contributed by atoms with Crippen molar-refractivity contribution in [3.05, 3.63) is 29.8 Å². The number of aromatic hydroxyl groups is 1. The largest absolute Gasteiger partial charge is 0.508 e. The van der Waals surface area contributed by atoms with Crippen LogP contribution in [0, 0.1) is 0 Å². The molecule has 3 N–H and O–H groups in total. The molecular formula is C11H15NO5S. The predicted molar refractivity (Wildman–Crippen MR) is 65.8 cm³/mol. The Morgan fingerprint density at radius 3 is 2.33 bits per heavy atom.